The Bertz CT molecular complexity index is 1600. The molecule has 3 aromatic carbocycles. The molecule has 4 aromatic rings. The van der Waals surface area contributed by atoms with E-state index in [0.717, 1.165) is 22.8 Å². The van der Waals surface area contributed by atoms with E-state index in [4.69, 9.17) is 11.6 Å². The van der Waals surface area contributed by atoms with Crippen molar-refractivity contribution in [2.75, 3.05) is 13.6 Å². The van der Waals surface area contributed by atoms with Crippen molar-refractivity contribution in [2.45, 2.75) is 38.1 Å². The van der Waals surface area contributed by atoms with Crippen molar-refractivity contribution in [1.29, 1.82) is 0 Å². The molecule has 0 bridgehead atoms. The van der Waals surface area contributed by atoms with Gasteiger partial charge in [0.25, 0.3) is 5.56 Å². The first kappa shape index (κ1) is 29.9. The van der Waals surface area contributed by atoms with Gasteiger partial charge in [0.05, 0.1) is 34.4 Å². The van der Waals surface area contributed by atoms with E-state index in [0.29, 0.717) is 0 Å². The zero-order valence-corrected chi connectivity index (χ0v) is 23.4. The van der Waals surface area contributed by atoms with Crippen LogP contribution in [-0.4, -0.2) is 52.2 Å². The molecule has 0 aliphatic rings. The molecular formula is C30H31ClFN5O4. The van der Waals surface area contributed by atoms with E-state index in [2.05, 4.69) is 20.9 Å². The molecule has 4 N–H and O–H groups in total. The molecular weight excluding hydrogens is 549 g/mol. The van der Waals surface area contributed by atoms with Gasteiger partial charge in [-0.05, 0) is 48.9 Å². The largest absolute Gasteiger partial charge is 0.391 e. The van der Waals surface area contributed by atoms with Crippen molar-refractivity contribution in [1.82, 2.24) is 25.5 Å². The molecule has 0 fully saturated rings. The minimum Gasteiger partial charge on any atom is -0.391 e. The number of nitrogens with one attached hydrogen (secondary N) is 3. The lowest BCUT2D eigenvalue weighted by atomic mass is 9.99. The van der Waals surface area contributed by atoms with Crippen LogP contribution in [0.25, 0.3) is 22.0 Å². The Morgan fingerprint density at radius 2 is 1.80 bits per heavy atom. The molecule has 2 amide bonds. The molecule has 0 saturated carbocycles. The van der Waals surface area contributed by atoms with Crippen molar-refractivity contribution in [3.8, 4) is 11.1 Å². The number of halogens is 2. The van der Waals surface area contributed by atoms with Gasteiger partial charge in [-0.2, -0.15) is 0 Å². The van der Waals surface area contributed by atoms with E-state index in [9.17, 15) is 23.9 Å². The summed E-state index contributed by atoms with van der Waals surface area (Å²) in [5, 5.41) is 18.5. The quantitative estimate of drug-likeness (QED) is 0.216. The van der Waals surface area contributed by atoms with Crippen molar-refractivity contribution < 1.29 is 19.1 Å². The Kier molecular flexibility index (Phi) is 9.82. The second kappa shape index (κ2) is 13.5. The van der Waals surface area contributed by atoms with Crippen LogP contribution < -0.4 is 21.5 Å². The summed E-state index contributed by atoms with van der Waals surface area (Å²) in [7, 11) is 1.58. The van der Waals surface area contributed by atoms with Gasteiger partial charge < -0.3 is 21.1 Å². The number of fused-ring (bicyclic) bond motifs is 1. The van der Waals surface area contributed by atoms with Crippen LogP contribution in [0.2, 0.25) is 5.02 Å². The SMILES string of the molecule is CN[C@H](C(=O)N[C@H](CNC(=O)CCn1cnc2cc(Cl)c(F)cc2c1=O)c1cccc(-c2ccccc2)c1)[C@@H](C)O. The minimum atomic E-state index is -0.940. The number of rotatable bonds is 11. The van der Waals surface area contributed by atoms with Gasteiger partial charge in [0.2, 0.25) is 11.8 Å². The zero-order chi connectivity index (χ0) is 29.5. The average molecular weight is 580 g/mol. The molecule has 0 aliphatic heterocycles. The first-order valence-electron chi connectivity index (χ1n) is 13.1. The number of carbonyl (C=O) groups excluding carboxylic acids is 2. The maximum atomic E-state index is 13.9. The van der Waals surface area contributed by atoms with Crippen molar-refractivity contribution in [2.24, 2.45) is 0 Å². The van der Waals surface area contributed by atoms with E-state index >= 15 is 0 Å². The Morgan fingerprint density at radius 3 is 2.51 bits per heavy atom. The van der Waals surface area contributed by atoms with Crippen LogP contribution in [0.1, 0.15) is 24.9 Å². The molecule has 4 rings (SSSR count). The van der Waals surface area contributed by atoms with Crippen LogP contribution in [0.4, 0.5) is 4.39 Å². The summed E-state index contributed by atoms with van der Waals surface area (Å²) in [5.74, 6) is -1.51. The molecule has 0 radical (unpaired) electrons. The normalized spacial score (nSPS) is 13.4. The highest BCUT2D eigenvalue weighted by Crippen LogP contribution is 2.23. The lowest BCUT2D eigenvalue weighted by molar-refractivity contribution is -0.127. The third-order valence-corrected chi connectivity index (χ3v) is 7.03. The molecule has 3 atom stereocenters. The Balaban J connectivity index is 1.49. The van der Waals surface area contributed by atoms with Crippen LogP contribution in [-0.2, 0) is 16.1 Å². The van der Waals surface area contributed by atoms with Crippen molar-refractivity contribution in [3.63, 3.8) is 0 Å². The summed E-state index contributed by atoms with van der Waals surface area (Å²) in [6.45, 7) is 1.59. The van der Waals surface area contributed by atoms with E-state index < -0.39 is 35.5 Å². The first-order chi connectivity index (χ1) is 19.7. The number of aryl methyl sites for hydroxylation is 1. The fourth-order valence-electron chi connectivity index (χ4n) is 4.51. The zero-order valence-electron chi connectivity index (χ0n) is 22.6. The second-order valence-corrected chi connectivity index (χ2v) is 10.0. The lowest BCUT2D eigenvalue weighted by Gasteiger charge is -2.25. The monoisotopic (exact) mass is 579 g/mol. The molecule has 41 heavy (non-hydrogen) atoms. The maximum absolute atomic E-state index is 13.9. The summed E-state index contributed by atoms with van der Waals surface area (Å²) < 4.78 is 15.1. The number of hydrogen-bond donors (Lipinski definition) is 4. The predicted molar refractivity (Wildman–Crippen MR) is 156 cm³/mol. The molecule has 9 nitrogen and oxygen atoms in total. The third-order valence-electron chi connectivity index (χ3n) is 6.74. The highest BCUT2D eigenvalue weighted by molar-refractivity contribution is 6.31. The standard InChI is InChI=1S/C30H31ClFN5O4/c1-18(38)28(33-2)29(40)36-26(21-10-6-9-20(13-21)19-7-4-3-5-8-19)16-34-27(39)11-12-37-17-35-25-15-23(31)24(32)14-22(25)30(37)41/h3-10,13-15,17-18,26,28,33,38H,11-12,16H2,1-2H3,(H,34,39)(H,36,40)/t18-,26-,28+/m1/s1. The number of carbonyl (C=O) groups is 2. The molecule has 1 heterocycles. The Hall–Kier alpha value is -4.12. The van der Waals surface area contributed by atoms with Gasteiger partial charge in [-0.3, -0.25) is 19.0 Å². The fourth-order valence-corrected chi connectivity index (χ4v) is 4.67. The van der Waals surface area contributed by atoms with Crippen LogP contribution in [0, 0.1) is 5.82 Å². The third kappa shape index (κ3) is 7.35. The molecule has 1 aromatic heterocycles. The van der Waals surface area contributed by atoms with E-state index in [-0.39, 0.29) is 41.3 Å². The highest BCUT2D eigenvalue weighted by Gasteiger charge is 2.25. The molecule has 11 heteroatoms. The van der Waals surface area contributed by atoms with E-state index in [1.54, 1.807) is 7.05 Å². The van der Waals surface area contributed by atoms with Gasteiger partial charge in [0.15, 0.2) is 0 Å². The van der Waals surface area contributed by atoms with Gasteiger partial charge in [0.1, 0.15) is 11.9 Å². The first-order valence-corrected chi connectivity index (χ1v) is 13.5. The molecule has 0 spiro atoms. The Labute approximate surface area is 241 Å². The second-order valence-electron chi connectivity index (χ2n) is 9.64. The summed E-state index contributed by atoms with van der Waals surface area (Å²) in [4.78, 5) is 42.7. The van der Waals surface area contributed by atoms with Gasteiger partial charge in [-0.25, -0.2) is 9.37 Å². The molecule has 214 valence electrons. The predicted octanol–water partition coefficient (Wildman–Crippen LogP) is 3.19. The molecule has 0 aliphatic carbocycles. The van der Waals surface area contributed by atoms with Gasteiger partial charge in [-0.15, -0.1) is 0 Å². The van der Waals surface area contributed by atoms with Gasteiger partial charge in [0, 0.05) is 19.5 Å². The van der Waals surface area contributed by atoms with Crippen LogP contribution in [0.15, 0.2) is 77.9 Å². The average Bonchev–Trinajstić information content (AvgIpc) is 2.96. The smallest absolute Gasteiger partial charge is 0.261 e. The summed E-state index contributed by atoms with van der Waals surface area (Å²) in [6, 6.07) is 18.2. The lowest BCUT2D eigenvalue weighted by Crippen LogP contribution is -2.51. The number of likely N-dealkylation sites (N-methyl/N-ethyl adjacent to an activating group) is 1. The van der Waals surface area contributed by atoms with Gasteiger partial charge in [-0.1, -0.05) is 60.1 Å². The van der Waals surface area contributed by atoms with E-state index in [1.165, 1.54) is 23.9 Å². The number of hydrogen-bond acceptors (Lipinski definition) is 6. The highest BCUT2D eigenvalue weighted by atomic mass is 35.5. The topological polar surface area (TPSA) is 125 Å². The summed E-state index contributed by atoms with van der Waals surface area (Å²) >= 11 is 5.78. The Morgan fingerprint density at radius 1 is 1.07 bits per heavy atom. The minimum absolute atomic E-state index is 0.0161. The summed E-state index contributed by atoms with van der Waals surface area (Å²) in [6.07, 6.45) is 0.295. The number of nitrogens with zero attached hydrogens (tertiary/aromatic N) is 2. The summed E-state index contributed by atoms with van der Waals surface area (Å²) in [5.41, 5.74) is 2.47. The van der Waals surface area contributed by atoms with Crippen LogP contribution in [0.5, 0.6) is 0 Å². The number of aliphatic hydroxyl groups is 1. The van der Waals surface area contributed by atoms with Crippen LogP contribution in [0.3, 0.4) is 0 Å². The van der Waals surface area contributed by atoms with Gasteiger partial charge >= 0.3 is 0 Å². The molecule has 0 saturated heterocycles. The number of aromatic nitrogens is 2. The molecule has 0 unspecified atom stereocenters. The van der Waals surface area contributed by atoms with Crippen molar-refractivity contribution in [3.05, 3.63) is 99.8 Å². The van der Waals surface area contributed by atoms with Crippen molar-refractivity contribution >= 4 is 34.3 Å². The number of amides is 2. The fraction of sp³-hybridized carbons (Fsp3) is 0.267. The van der Waals surface area contributed by atoms with E-state index in [1.807, 2.05) is 54.6 Å². The number of benzene rings is 3. The maximum Gasteiger partial charge on any atom is 0.261 e. The van der Waals surface area contributed by atoms with Crippen LogP contribution >= 0.6 is 11.6 Å². The number of aliphatic hydroxyl groups excluding tert-OH is 1.